The number of fused-ring (bicyclic) bond motifs is 5. The van der Waals surface area contributed by atoms with Gasteiger partial charge in [-0.05, 0) is 70.0 Å². The lowest BCUT2D eigenvalue weighted by Crippen LogP contribution is -2.48. The number of amides is 2. The molecule has 6 rings (SSSR count). The second kappa shape index (κ2) is 8.61. The smallest absolute Gasteiger partial charge is 0.240 e. The number of ketones is 1. The Labute approximate surface area is 221 Å². The quantitative estimate of drug-likeness (QED) is 0.315. The molecule has 0 N–H and O–H groups in total. The predicted octanol–water partition coefficient (Wildman–Crippen LogP) is 5.38. The van der Waals surface area contributed by atoms with Gasteiger partial charge in [-0.1, -0.05) is 42.0 Å². The van der Waals surface area contributed by atoms with E-state index in [1.807, 2.05) is 41.3 Å². The minimum absolute atomic E-state index is 0.222. The van der Waals surface area contributed by atoms with E-state index in [-0.39, 0.29) is 17.6 Å². The third-order valence-electron chi connectivity index (χ3n) is 7.20. The van der Waals surface area contributed by atoms with E-state index >= 15 is 0 Å². The molecule has 4 atom stereocenters. The zero-order valence-corrected chi connectivity index (χ0v) is 21.4. The first-order valence-corrected chi connectivity index (χ1v) is 12.6. The fraction of sp³-hybridized carbons (Fsp3) is 0.179. The Morgan fingerprint density at radius 3 is 2.42 bits per heavy atom. The van der Waals surface area contributed by atoms with Gasteiger partial charge in [-0.2, -0.15) is 0 Å². The van der Waals surface area contributed by atoms with Gasteiger partial charge in [0.05, 0.1) is 35.1 Å². The number of methoxy groups -OCH3 is 1. The summed E-state index contributed by atoms with van der Waals surface area (Å²) in [5, 5.41) is 0.508. The zero-order valence-electron chi connectivity index (χ0n) is 19.1. The fourth-order valence-corrected chi connectivity index (χ4v) is 6.32. The van der Waals surface area contributed by atoms with Crippen LogP contribution in [-0.2, 0) is 9.59 Å². The van der Waals surface area contributed by atoms with Crippen molar-refractivity contribution in [1.29, 1.82) is 0 Å². The van der Waals surface area contributed by atoms with Crippen molar-refractivity contribution in [3.8, 4) is 5.75 Å². The summed E-state index contributed by atoms with van der Waals surface area (Å²) in [6, 6.07) is 18.2. The number of hydrogen-bond acceptors (Lipinski definition) is 5. The first-order chi connectivity index (χ1) is 17.4. The van der Waals surface area contributed by atoms with E-state index in [9.17, 15) is 14.4 Å². The van der Waals surface area contributed by atoms with Gasteiger partial charge in [-0.15, -0.1) is 0 Å². The van der Waals surface area contributed by atoms with Gasteiger partial charge in [-0.25, -0.2) is 4.90 Å². The van der Waals surface area contributed by atoms with Crippen LogP contribution in [0.3, 0.4) is 0 Å². The summed E-state index contributed by atoms with van der Waals surface area (Å²) in [6.07, 6.45) is 3.90. The molecular formula is C28H20BrClN2O4. The number of Topliss-reactive ketones (excluding diaryl/α,β-unsaturated/α-hetero) is 1. The second-order valence-electron chi connectivity index (χ2n) is 9.01. The van der Waals surface area contributed by atoms with Crippen molar-refractivity contribution in [2.75, 3.05) is 16.9 Å². The number of halogens is 2. The van der Waals surface area contributed by atoms with Crippen molar-refractivity contribution in [3.05, 3.63) is 93.4 Å². The zero-order chi connectivity index (χ0) is 25.1. The molecule has 8 heteroatoms. The lowest BCUT2D eigenvalue weighted by Gasteiger charge is -2.36. The molecule has 0 radical (unpaired) electrons. The van der Waals surface area contributed by atoms with Gasteiger partial charge in [-0.3, -0.25) is 14.4 Å². The van der Waals surface area contributed by atoms with Gasteiger partial charge < -0.3 is 9.64 Å². The molecule has 36 heavy (non-hydrogen) atoms. The number of rotatable bonds is 4. The van der Waals surface area contributed by atoms with Crippen LogP contribution in [-0.4, -0.2) is 36.8 Å². The van der Waals surface area contributed by atoms with Gasteiger partial charge in [0.15, 0.2) is 5.78 Å². The second-order valence-corrected chi connectivity index (χ2v) is 10.3. The molecule has 0 spiro atoms. The molecule has 2 saturated heterocycles. The van der Waals surface area contributed by atoms with Crippen LogP contribution in [0.25, 0.3) is 6.08 Å². The number of imide groups is 1. The maximum atomic E-state index is 14.1. The largest absolute Gasteiger partial charge is 0.496 e. The van der Waals surface area contributed by atoms with Gasteiger partial charge in [0.2, 0.25) is 11.8 Å². The molecule has 2 amide bonds. The van der Waals surface area contributed by atoms with E-state index < -0.39 is 23.9 Å². The molecule has 0 saturated carbocycles. The molecule has 180 valence electrons. The van der Waals surface area contributed by atoms with Crippen LogP contribution in [0.15, 0.2) is 77.3 Å². The van der Waals surface area contributed by atoms with Crippen molar-refractivity contribution in [3.63, 3.8) is 0 Å². The van der Waals surface area contributed by atoms with Gasteiger partial charge >= 0.3 is 0 Å². The highest BCUT2D eigenvalue weighted by atomic mass is 79.9. The molecule has 3 heterocycles. The fourth-order valence-electron chi connectivity index (χ4n) is 5.65. The number of carbonyl (C=O) groups is 3. The van der Waals surface area contributed by atoms with Gasteiger partial charge in [0.25, 0.3) is 0 Å². The molecule has 3 aromatic rings. The summed E-state index contributed by atoms with van der Waals surface area (Å²) >= 11 is 9.49. The Morgan fingerprint density at radius 1 is 0.972 bits per heavy atom. The van der Waals surface area contributed by atoms with Crippen LogP contribution in [0.5, 0.6) is 5.75 Å². The summed E-state index contributed by atoms with van der Waals surface area (Å²) in [4.78, 5) is 44.9. The molecular weight excluding hydrogens is 544 g/mol. The van der Waals surface area contributed by atoms with Crippen molar-refractivity contribution < 1.29 is 19.1 Å². The molecule has 0 aliphatic carbocycles. The Balaban J connectivity index is 1.48. The van der Waals surface area contributed by atoms with Gasteiger partial charge in [0, 0.05) is 16.3 Å². The molecule has 3 aliphatic rings. The van der Waals surface area contributed by atoms with Crippen LogP contribution >= 0.6 is 27.5 Å². The maximum Gasteiger partial charge on any atom is 0.240 e. The lowest BCUT2D eigenvalue weighted by atomic mass is 9.86. The highest BCUT2D eigenvalue weighted by Gasteiger charge is 2.64. The SMILES string of the molecule is COc1ccc(C(=O)[C@@H]2[C@@H]3C(=O)N(c4ccc(Cl)cc4)C(=O)[C@@H]3[C@@H]3C=Cc4ccccc4N23)cc1Br. The molecule has 3 aromatic carbocycles. The minimum atomic E-state index is -0.847. The summed E-state index contributed by atoms with van der Waals surface area (Å²) in [5.41, 5.74) is 2.67. The highest BCUT2D eigenvalue weighted by Crippen LogP contribution is 2.50. The predicted molar refractivity (Wildman–Crippen MR) is 141 cm³/mol. The number of anilines is 2. The number of carbonyl (C=O) groups excluding carboxylic acids is 3. The van der Waals surface area contributed by atoms with Crippen molar-refractivity contribution in [2.24, 2.45) is 11.8 Å². The number of para-hydroxylation sites is 1. The summed E-state index contributed by atoms with van der Waals surface area (Å²) in [5.74, 6) is -1.83. The molecule has 6 nitrogen and oxygen atoms in total. The number of benzene rings is 3. The Kier molecular flexibility index (Phi) is 5.50. The van der Waals surface area contributed by atoms with Crippen molar-refractivity contribution >= 4 is 62.6 Å². The first-order valence-electron chi connectivity index (χ1n) is 11.5. The van der Waals surface area contributed by atoms with E-state index in [2.05, 4.69) is 15.9 Å². The number of nitrogens with zero attached hydrogens (tertiary/aromatic N) is 2. The summed E-state index contributed by atoms with van der Waals surface area (Å²) in [7, 11) is 1.55. The molecule has 2 fully saturated rings. The number of hydrogen-bond donors (Lipinski definition) is 0. The standard InChI is InChI=1S/C28H20BrClN2O4/c1-36-22-13-7-16(14-19(22)29)26(33)25-24-23(21-12-6-15-4-2-3-5-20(15)32(21)25)27(34)31(28(24)35)18-10-8-17(30)9-11-18/h2-14,21,23-25H,1H3/t21-,23+,24+,25-/m0/s1. The monoisotopic (exact) mass is 562 g/mol. The van der Waals surface area contributed by atoms with E-state index in [0.717, 1.165) is 11.3 Å². The minimum Gasteiger partial charge on any atom is -0.496 e. The molecule has 0 bridgehead atoms. The molecule has 0 aromatic heterocycles. The van der Waals surface area contributed by atoms with E-state index in [1.165, 1.54) is 4.90 Å². The van der Waals surface area contributed by atoms with Crippen LogP contribution in [0.1, 0.15) is 15.9 Å². The summed E-state index contributed by atoms with van der Waals surface area (Å²) < 4.78 is 5.95. The average Bonchev–Trinajstić information content (AvgIpc) is 3.37. The van der Waals surface area contributed by atoms with Crippen LogP contribution in [0, 0.1) is 11.8 Å². The van der Waals surface area contributed by atoms with E-state index in [1.54, 1.807) is 49.6 Å². The third kappa shape index (κ3) is 3.33. The van der Waals surface area contributed by atoms with E-state index in [4.69, 9.17) is 16.3 Å². The van der Waals surface area contributed by atoms with Crippen molar-refractivity contribution in [2.45, 2.75) is 12.1 Å². The summed E-state index contributed by atoms with van der Waals surface area (Å²) in [6.45, 7) is 0. The Bertz CT molecular complexity index is 1450. The van der Waals surface area contributed by atoms with E-state index in [0.29, 0.717) is 26.5 Å². The lowest BCUT2D eigenvalue weighted by molar-refractivity contribution is -0.122. The maximum absolute atomic E-state index is 14.1. The first kappa shape index (κ1) is 23.0. The molecule has 3 aliphatic heterocycles. The topological polar surface area (TPSA) is 66.9 Å². The Hall–Kier alpha value is -3.42. The van der Waals surface area contributed by atoms with Gasteiger partial charge in [0.1, 0.15) is 11.8 Å². The number of ether oxygens (including phenoxy) is 1. The third-order valence-corrected chi connectivity index (χ3v) is 8.08. The molecule has 0 unspecified atom stereocenters. The van der Waals surface area contributed by atoms with Crippen LogP contribution in [0.2, 0.25) is 5.02 Å². The average molecular weight is 564 g/mol. The Morgan fingerprint density at radius 2 is 1.69 bits per heavy atom. The van der Waals surface area contributed by atoms with Crippen LogP contribution < -0.4 is 14.5 Å². The normalized spacial score (nSPS) is 24.0. The van der Waals surface area contributed by atoms with Crippen molar-refractivity contribution in [1.82, 2.24) is 0 Å². The van der Waals surface area contributed by atoms with Crippen LogP contribution in [0.4, 0.5) is 11.4 Å². The highest BCUT2D eigenvalue weighted by molar-refractivity contribution is 9.10.